The zero-order valence-electron chi connectivity index (χ0n) is 10.7. The average Bonchev–Trinajstić information content (AvgIpc) is 2.30. The smallest absolute Gasteiger partial charge is 0.133 e. The number of carbonyl (C=O) groups excluding carboxylic acids is 3. The second-order valence-corrected chi connectivity index (χ2v) is 4.36. The van der Waals surface area contributed by atoms with Crippen LogP contribution in [0, 0.1) is 0 Å². The van der Waals surface area contributed by atoms with Crippen LogP contribution in [-0.4, -0.2) is 28.6 Å². The number of Topliss-reactive ketones (excluding diaryl/α,β-unsaturated/α-hetero) is 3. The first-order chi connectivity index (χ1) is 7.95. The normalized spacial score (nSPS) is 12.2. The van der Waals surface area contributed by atoms with Crippen molar-refractivity contribution in [1.82, 2.24) is 0 Å². The SMILES string of the molecule is CCC(=O)CCC(=O)CCC(=O)CCC(C)O. The third-order valence-electron chi connectivity index (χ3n) is 2.60. The van der Waals surface area contributed by atoms with Crippen LogP contribution in [0.5, 0.6) is 0 Å². The van der Waals surface area contributed by atoms with Gasteiger partial charge in [-0.05, 0) is 13.3 Å². The van der Waals surface area contributed by atoms with Gasteiger partial charge in [0, 0.05) is 38.5 Å². The lowest BCUT2D eigenvalue weighted by atomic mass is 10.0. The lowest BCUT2D eigenvalue weighted by Crippen LogP contribution is -2.09. The summed E-state index contributed by atoms with van der Waals surface area (Å²) in [6.45, 7) is 3.40. The second-order valence-electron chi connectivity index (χ2n) is 4.36. The molecule has 1 N–H and O–H groups in total. The van der Waals surface area contributed by atoms with Crippen LogP contribution in [0.15, 0.2) is 0 Å². The molecule has 0 rings (SSSR count). The van der Waals surface area contributed by atoms with E-state index in [2.05, 4.69) is 0 Å². The Morgan fingerprint density at radius 2 is 1.29 bits per heavy atom. The highest BCUT2D eigenvalue weighted by Gasteiger charge is 2.09. The van der Waals surface area contributed by atoms with Crippen molar-refractivity contribution < 1.29 is 19.5 Å². The first-order valence-corrected chi connectivity index (χ1v) is 6.18. The first kappa shape index (κ1) is 16.0. The molecule has 0 aromatic carbocycles. The van der Waals surface area contributed by atoms with Crippen LogP contribution in [0.2, 0.25) is 0 Å². The van der Waals surface area contributed by atoms with Crippen molar-refractivity contribution in [3.63, 3.8) is 0 Å². The van der Waals surface area contributed by atoms with Gasteiger partial charge in [-0.3, -0.25) is 14.4 Å². The minimum absolute atomic E-state index is 0.000989. The fourth-order valence-electron chi connectivity index (χ4n) is 1.35. The van der Waals surface area contributed by atoms with Gasteiger partial charge in [-0.15, -0.1) is 0 Å². The molecule has 0 saturated carbocycles. The molecule has 0 aromatic heterocycles. The third-order valence-corrected chi connectivity index (χ3v) is 2.60. The molecule has 0 aromatic rings. The Labute approximate surface area is 102 Å². The van der Waals surface area contributed by atoms with E-state index in [1.165, 1.54) is 0 Å². The summed E-state index contributed by atoms with van der Waals surface area (Å²) in [5.74, 6) is 0.0528. The van der Waals surface area contributed by atoms with Gasteiger partial charge < -0.3 is 5.11 Å². The Hall–Kier alpha value is -1.03. The van der Waals surface area contributed by atoms with E-state index >= 15 is 0 Å². The van der Waals surface area contributed by atoms with E-state index in [1.807, 2.05) is 0 Å². The van der Waals surface area contributed by atoms with E-state index < -0.39 is 6.10 Å². The minimum Gasteiger partial charge on any atom is -0.393 e. The van der Waals surface area contributed by atoms with Crippen molar-refractivity contribution in [1.29, 1.82) is 0 Å². The van der Waals surface area contributed by atoms with E-state index in [0.717, 1.165) is 0 Å². The van der Waals surface area contributed by atoms with E-state index in [-0.39, 0.29) is 43.0 Å². The van der Waals surface area contributed by atoms with E-state index in [0.29, 0.717) is 19.3 Å². The van der Waals surface area contributed by atoms with Crippen molar-refractivity contribution in [2.75, 3.05) is 0 Å². The Kier molecular flexibility index (Phi) is 8.50. The van der Waals surface area contributed by atoms with Crippen LogP contribution in [0.1, 0.15) is 58.8 Å². The van der Waals surface area contributed by atoms with Gasteiger partial charge in [-0.1, -0.05) is 6.92 Å². The van der Waals surface area contributed by atoms with Crippen LogP contribution in [0.4, 0.5) is 0 Å². The van der Waals surface area contributed by atoms with Crippen molar-refractivity contribution in [3.05, 3.63) is 0 Å². The molecule has 4 nitrogen and oxygen atoms in total. The van der Waals surface area contributed by atoms with Gasteiger partial charge >= 0.3 is 0 Å². The molecule has 0 aliphatic rings. The van der Waals surface area contributed by atoms with Gasteiger partial charge in [0.25, 0.3) is 0 Å². The third kappa shape index (κ3) is 9.87. The second kappa shape index (κ2) is 9.05. The Balaban J connectivity index is 3.62. The molecule has 4 heteroatoms. The van der Waals surface area contributed by atoms with Gasteiger partial charge in [0.15, 0.2) is 0 Å². The standard InChI is InChI=1S/C13H22O4/c1-3-11(15)6-7-13(17)9-8-12(16)5-4-10(2)14/h10,14H,3-9H2,1-2H3. The van der Waals surface area contributed by atoms with Crippen LogP contribution in [0.25, 0.3) is 0 Å². The molecule has 1 atom stereocenters. The Morgan fingerprint density at radius 3 is 1.71 bits per heavy atom. The van der Waals surface area contributed by atoms with Gasteiger partial charge in [0.2, 0.25) is 0 Å². The molecule has 0 amide bonds. The Bertz CT molecular complexity index is 269. The summed E-state index contributed by atoms with van der Waals surface area (Å²) in [6, 6.07) is 0. The fraction of sp³-hybridized carbons (Fsp3) is 0.769. The molecule has 0 spiro atoms. The summed E-state index contributed by atoms with van der Waals surface area (Å²) in [5.41, 5.74) is 0. The summed E-state index contributed by atoms with van der Waals surface area (Å²) >= 11 is 0. The van der Waals surface area contributed by atoms with Crippen LogP contribution in [-0.2, 0) is 14.4 Å². The number of aliphatic hydroxyl groups excluding tert-OH is 1. The number of aliphatic hydroxyl groups is 1. The molecule has 0 radical (unpaired) electrons. The highest BCUT2D eigenvalue weighted by atomic mass is 16.3. The molecule has 1 unspecified atom stereocenters. The molecule has 98 valence electrons. The predicted molar refractivity (Wildman–Crippen MR) is 64.7 cm³/mol. The van der Waals surface area contributed by atoms with Crippen LogP contribution in [0.3, 0.4) is 0 Å². The van der Waals surface area contributed by atoms with Gasteiger partial charge in [0.1, 0.15) is 17.3 Å². The lowest BCUT2D eigenvalue weighted by molar-refractivity contribution is -0.126. The molecule has 17 heavy (non-hydrogen) atoms. The summed E-state index contributed by atoms with van der Waals surface area (Å²) in [5, 5.41) is 8.99. The lowest BCUT2D eigenvalue weighted by Gasteiger charge is -2.03. The largest absolute Gasteiger partial charge is 0.393 e. The Morgan fingerprint density at radius 1 is 0.882 bits per heavy atom. The van der Waals surface area contributed by atoms with Gasteiger partial charge in [-0.2, -0.15) is 0 Å². The highest BCUT2D eigenvalue weighted by molar-refractivity contribution is 5.88. The summed E-state index contributed by atoms with van der Waals surface area (Å²) in [4.78, 5) is 33.7. The molecule has 0 saturated heterocycles. The predicted octanol–water partition coefficient (Wildman–Crippen LogP) is 1.83. The van der Waals surface area contributed by atoms with Crippen molar-refractivity contribution in [2.24, 2.45) is 0 Å². The molecular formula is C13H22O4. The number of ketones is 3. The number of hydrogen-bond acceptors (Lipinski definition) is 4. The molecule has 0 fully saturated rings. The van der Waals surface area contributed by atoms with Crippen molar-refractivity contribution in [3.8, 4) is 0 Å². The maximum absolute atomic E-state index is 11.4. The monoisotopic (exact) mass is 242 g/mol. The summed E-state index contributed by atoms with van der Waals surface area (Å²) in [7, 11) is 0. The van der Waals surface area contributed by atoms with E-state index in [1.54, 1.807) is 13.8 Å². The minimum atomic E-state index is -0.475. The van der Waals surface area contributed by atoms with Crippen molar-refractivity contribution >= 4 is 17.3 Å². The van der Waals surface area contributed by atoms with Crippen LogP contribution < -0.4 is 0 Å². The molecule has 0 bridgehead atoms. The maximum atomic E-state index is 11.4. The number of hydrogen-bond donors (Lipinski definition) is 1. The van der Waals surface area contributed by atoms with Crippen molar-refractivity contribution in [2.45, 2.75) is 64.9 Å². The fourth-order valence-corrected chi connectivity index (χ4v) is 1.35. The quantitative estimate of drug-likeness (QED) is 0.634. The number of rotatable bonds is 10. The molecule has 0 aliphatic carbocycles. The van der Waals surface area contributed by atoms with Gasteiger partial charge in [-0.25, -0.2) is 0 Å². The first-order valence-electron chi connectivity index (χ1n) is 6.18. The highest BCUT2D eigenvalue weighted by Crippen LogP contribution is 2.05. The molecule has 0 heterocycles. The number of carbonyl (C=O) groups is 3. The zero-order chi connectivity index (χ0) is 13.3. The van der Waals surface area contributed by atoms with Crippen LogP contribution >= 0.6 is 0 Å². The maximum Gasteiger partial charge on any atom is 0.133 e. The average molecular weight is 242 g/mol. The molecular weight excluding hydrogens is 220 g/mol. The zero-order valence-corrected chi connectivity index (χ0v) is 10.7. The van der Waals surface area contributed by atoms with E-state index in [4.69, 9.17) is 5.11 Å². The molecule has 0 aliphatic heterocycles. The summed E-state index contributed by atoms with van der Waals surface area (Å²) < 4.78 is 0. The summed E-state index contributed by atoms with van der Waals surface area (Å²) in [6.07, 6.45) is 1.73. The topological polar surface area (TPSA) is 71.4 Å². The van der Waals surface area contributed by atoms with Gasteiger partial charge in [0.05, 0.1) is 6.10 Å². The van der Waals surface area contributed by atoms with E-state index in [9.17, 15) is 14.4 Å².